The SMILES string of the molecule is Cc1cccc(C(=O)O[C@@H](C)C(=O)Nc2ccc(Cl)cc2C(F)(F)F)c1N. The van der Waals surface area contributed by atoms with Gasteiger partial charge in [0.25, 0.3) is 5.91 Å². The van der Waals surface area contributed by atoms with Gasteiger partial charge < -0.3 is 15.8 Å². The highest BCUT2D eigenvalue weighted by Crippen LogP contribution is 2.36. The summed E-state index contributed by atoms with van der Waals surface area (Å²) in [5, 5.41) is 1.97. The molecule has 27 heavy (non-hydrogen) atoms. The summed E-state index contributed by atoms with van der Waals surface area (Å²) in [6, 6.07) is 7.64. The summed E-state index contributed by atoms with van der Waals surface area (Å²) in [5.74, 6) is -1.78. The second-order valence-corrected chi connectivity index (χ2v) is 6.20. The number of nitrogens with two attached hydrogens (primary N) is 1. The van der Waals surface area contributed by atoms with E-state index in [2.05, 4.69) is 5.32 Å². The number of carbonyl (C=O) groups excluding carboxylic acids is 2. The van der Waals surface area contributed by atoms with Gasteiger partial charge in [0.1, 0.15) is 0 Å². The molecule has 0 fully saturated rings. The second-order valence-electron chi connectivity index (χ2n) is 5.76. The number of amides is 1. The van der Waals surface area contributed by atoms with E-state index in [-0.39, 0.29) is 16.3 Å². The quantitative estimate of drug-likeness (QED) is 0.587. The Kier molecular flexibility index (Phi) is 6.00. The zero-order chi connectivity index (χ0) is 20.4. The van der Waals surface area contributed by atoms with Crippen molar-refractivity contribution in [2.45, 2.75) is 26.1 Å². The van der Waals surface area contributed by atoms with Crippen molar-refractivity contribution in [3.05, 3.63) is 58.1 Å². The number of benzene rings is 2. The van der Waals surface area contributed by atoms with E-state index in [1.807, 2.05) is 0 Å². The van der Waals surface area contributed by atoms with Gasteiger partial charge in [0.05, 0.1) is 16.8 Å². The normalized spacial score (nSPS) is 12.4. The molecule has 0 bridgehead atoms. The number of esters is 1. The molecule has 0 heterocycles. The van der Waals surface area contributed by atoms with Crippen LogP contribution in [0.5, 0.6) is 0 Å². The van der Waals surface area contributed by atoms with Crippen LogP contribution in [0, 0.1) is 6.92 Å². The Morgan fingerprint density at radius 1 is 1.22 bits per heavy atom. The molecule has 0 radical (unpaired) electrons. The highest BCUT2D eigenvalue weighted by molar-refractivity contribution is 6.30. The molecule has 2 aromatic carbocycles. The average Bonchev–Trinajstić information content (AvgIpc) is 2.57. The Morgan fingerprint density at radius 2 is 1.89 bits per heavy atom. The first kappa shape index (κ1) is 20.6. The number of nitrogens with one attached hydrogen (secondary N) is 1. The number of hydrogen-bond donors (Lipinski definition) is 2. The third kappa shape index (κ3) is 4.91. The number of carbonyl (C=O) groups is 2. The maximum atomic E-state index is 13.1. The Bertz CT molecular complexity index is 885. The maximum Gasteiger partial charge on any atom is 0.418 e. The number of halogens is 4. The lowest BCUT2D eigenvalue weighted by Gasteiger charge is -2.17. The van der Waals surface area contributed by atoms with E-state index in [4.69, 9.17) is 22.1 Å². The van der Waals surface area contributed by atoms with Gasteiger partial charge in [-0.15, -0.1) is 0 Å². The molecule has 9 heteroatoms. The molecule has 0 aliphatic carbocycles. The van der Waals surface area contributed by atoms with Gasteiger partial charge in [0.15, 0.2) is 6.10 Å². The molecular weight excluding hydrogens is 385 g/mol. The van der Waals surface area contributed by atoms with Gasteiger partial charge in [-0.1, -0.05) is 23.7 Å². The largest absolute Gasteiger partial charge is 0.449 e. The fourth-order valence-corrected chi connectivity index (χ4v) is 2.40. The van der Waals surface area contributed by atoms with E-state index in [1.165, 1.54) is 19.1 Å². The standard InChI is InChI=1S/C18H16ClF3N2O3/c1-9-4-3-5-12(15(9)23)17(26)27-10(2)16(25)24-14-7-6-11(19)8-13(14)18(20,21)22/h3-8,10H,23H2,1-2H3,(H,24,25)/t10-/m0/s1. The highest BCUT2D eigenvalue weighted by atomic mass is 35.5. The summed E-state index contributed by atoms with van der Waals surface area (Å²) in [6.45, 7) is 2.93. The number of para-hydroxylation sites is 1. The Hall–Kier alpha value is -2.74. The Balaban J connectivity index is 2.15. The van der Waals surface area contributed by atoms with Crippen molar-refractivity contribution in [3.63, 3.8) is 0 Å². The number of rotatable bonds is 4. The molecule has 0 aromatic heterocycles. The van der Waals surface area contributed by atoms with Crippen molar-refractivity contribution in [1.29, 1.82) is 0 Å². The van der Waals surface area contributed by atoms with E-state index in [1.54, 1.807) is 19.1 Å². The van der Waals surface area contributed by atoms with Crippen LogP contribution >= 0.6 is 11.6 Å². The maximum absolute atomic E-state index is 13.1. The average molecular weight is 401 g/mol. The summed E-state index contributed by atoms with van der Waals surface area (Å²) >= 11 is 5.59. The number of anilines is 2. The summed E-state index contributed by atoms with van der Waals surface area (Å²) in [4.78, 5) is 24.4. The summed E-state index contributed by atoms with van der Waals surface area (Å²) in [6.07, 6.45) is -6.07. The van der Waals surface area contributed by atoms with Crippen LogP contribution in [0.2, 0.25) is 5.02 Å². The minimum Gasteiger partial charge on any atom is -0.449 e. The molecule has 0 aliphatic rings. The first-order valence-electron chi connectivity index (χ1n) is 7.74. The van der Waals surface area contributed by atoms with Crippen LogP contribution in [0.3, 0.4) is 0 Å². The van der Waals surface area contributed by atoms with Crippen LogP contribution in [0.4, 0.5) is 24.5 Å². The Morgan fingerprint density at radius 3 is 2.52 bits per heavy atom. The van der Waals surface area contributed by atoms with Gasteiger partial charge in [-0.05, 0) is 43.7 Å². The fraction of sp³-hybridized carbons (Fsp3) is 0.222. The zero-order valence-electron chi connectivity index (χ0n) is 14.4. The lowest BCUT2D eigenvalue weighted by Crippen LogP contribution is -2.31. The van der Waals surface area contributed by atoms with Crippen molar-refractivity contribution in [2.24, 2.45) is 0 Å². The highest BCUT2D eigenvalue weighted by Gasteiger charge is 2.34. The van der Waals surface area contributed by atoms with Crippen molar-refractivity contribution in [2.75, 3.05) is 11.1 Å². The number of hydrogen-bond acceptors (Lipinski definition) is 4. The lowest BCUT2D eigenvalue weighted by molar-refractivity contribution is -0.137. The molecule has 3 N–H and O–H groups in total. The van der Waals surface area contributed by atoms with Gasteiger partial charge in [-0.3, -0.25) is 4.79 Å². The van der Waals surface area contributed by atoms with E-state index in [9.17, 15) is 22.8 Å². The van der Waals surface area contributed by atoms with Crippen molar-refractivity contribution in [1.82, 2.24) is 0 Å². The van der Waals surface area contributed by atoms with E-state index in [0.29, 0.717) is 11.6 Å². The van der Waals surface area contributed by atoms with Crippen molar-refractivity contribution < 1.29 is 27.5 Å². The Labute approximate surface area is 158 Å². The molecular formula is C18H16ClF3N2O3. The first-order chi connectivity index (χ1) is 12.5. The third-order valence-electron chi connectivity index (χ3n) is 3.74. The number of alkyl halides is 3. The van der Waals surface area contributed by atoms with Gasteiger partial charge in [-0.2, -0.15) is 13.2 Å². The topological polar surface area (TPSA) is 81.4 Å². The monoisotopic (exact) mass is 400 g/mol. The van der Waals surface area contributed by atoms with Crippen LogP contribution in [-0.2, 0) is 15.7 Å². The minimum absolute atomic E-state index is 0.0668. The van der Waals surface area contributed by atoms with Crippen LogP contribution in [0.25, 0.3) is 0 Å². The molecule has 0 spiro atoms. The zero-order valence-corrected chi connectivity index (χ0v) is 15.1. The lowest BCUT2D eigenvalue weighted by atomic mass is 10.1. The number of aryl methyl sites for hydroxylation is 1. The van der Waals surface area contributed by atoms with Crippen molar-refractivity contribution in [3.8, 4) is 0 Å². The summed E-state index contributed by atoms with van der Waals surface area (Å²) < 4.78 is 44.3. The van der Waals surface area contributed by atoms with Crippen LogP contribution in [0.15, 0.2) is 36.4 Å². The van der Waals surface area contributed by atoms with E-state index in [0.717, 1.165) is 6.07 Å². The predicted octanol–water partition coefficient (Wildman–Crippen LogP) is 4.43. The van der Waals surface area contributed by atoms with Gasteiger partial charge >= 0.3 is 12.1 Å². The molecule has 144 valence electrons. The molecule has 2 rings (SSSR count). The first-order valence-corrected chi connectivity index (χ1v) is 8.12. The van der Waals surface area contributed by atoms with Gasteiger partial charge in [-0.25, -0.2) is 4.79 Å². The van der Waals surface area contributed by atoms with Crippen molar-refractivity contribution >= 4 is 34.9 Å². The predicted molar refractivity (Wildman–Crippen MR) is 95.6 cm³/mol. The van der Waals surface area contributed by atoms with Gasteiger partial charge in [0.2, 0.25) is 0 Å². The summed E-state index contributed by atoms with van der Waals surface area (Å²) in [7, 11) is 0. The molecule has 2 aromatic rings. The second kappa shape index (κ2) is 7.87. The third-order valence-corrected chi connectivity index (χ3v) is 3.98. The molecule has 1 amide bonds. The van der Waals surface area contributed by atoms with Crippen LogP contribution < -0.4 is 11.1 Å². The molecule has 0 aliphatic heterocycles. The number of ether oxygens (including phenoxy) is 1. The van der Waals surface area contributed by atoms with Crippen LogP contribution in [-0.4, -0.2) is 18.0 Å². The summed E-state index contributed by atoms with van der Waals surface area (Å²) in [5.41, 5.74) is 5.12. The molecule has 0 unspecified atom stereocenters. The minimum atomic E-state index is -4.72. The fourth-order valence-electron chi connectivity index (χ4n) is 2.23. The molecule has 0 saturated heterocycles. The van der Waals surface area contributed by atoms with E-state index < -0.39 is 35.4 Å². The van der Waals surface area contributed by atoms with Crippen LogP contribution in [0.1, 0.15) is 28.4 Å². The molecule has 1 atom stereocenters. The van der Waals surface area contributed by atoms with E-state index >= 15 is 0 Å². The molecule has 5 nitrogen and oxygen atoms in total. The smallest absolute Gasteiger partial charge is 0.418 e. The number of nitrogen functional groups attached to an aromatic ring is 1. The molecule has 0 saturated carbocycles. The van der Waals surface area contributed by atoms with Gasteiger partial charge in [0, 0.05) is 10.7 Å².